The molecule has 1 N–H and O–H groups in total. The van der Waals surface area contributed by atoms with Crippen LogP contribution in [-0.4, -0.2) is 66.6 Å². The van der Waals surface area contributed by atoms with Gasteiger partial charge in [0.05, 0.1) is 6.61 Å². The summed E-state index contributed by atoms with van der Waals surface area (Å²) >= 11 is 0. The van der Waals surface area contributed by atoms with E-state index in [0.29, 0.717) is 11.7 Å². The summed E-state index contributed by atoms with van der Waals surface area (Å²) in [5.74, 6) is 2.18. The Labute approximate surface area is 123 Å². The maximum absolute atomic E-state index is 12.1. The summed E-state index contributed by atoms with van der Waals surface area (Å²) in [4.78, 5) is 16.9. The second-order valence-electron chi connectivity index (χ2n) is 6.81. The summed E-state index contributed by atoms with van der Waals surface area (Å²) in [5.41, 5.74) is 0. The maximum atomic E-state index is 12.1. The van der Waals surface area contributed by atoms with E-state index in [1.807, 2.05) is 0 Å². The van der Waals surface area contributed by atoms with Crippen molar-refractivity contribution >= 4 is 5.78 Å². The molecule has 1 saturated heterocycles. The van der Waals surface area contributed by atoms with Gasteiger partial charge in [0, 0.05) is 51.6 Å². The summed E-state index contributed by atoms with van der Waals surface area (Å²) < 4.78 is 0. The Kier molecular flexibility index (Phi) is 6.00. The first kappa shape index (κ1) is 15.9. The molecule has 4 heteroatoms. The molecule has 0 radical (unpaired) electrons. The largest absolute Gasteiger partial charge is 0.395 e. The average Bonchev–Trinajstić information content (AvgIpc) is 2.43. The number of carbonyl (C=O) groups is 1. The van der Waals surface area contributed by atoms with E-state index in [1.54, 1.807) is 0 Å². The fourth-order valence-electron chi connectivity index (χ4n) is 3.58. The highest BCUT2D eigenvalue weighted by molar-refractivity contribution is 5.82. The molecule has 2 rings (SSSR count). The van der Waals surface area contributed by atoms with E-state index in [0.717, 1.165) is 64.4 Å². The quantitative estimate of drug-likeness (QED) is 0.824. The molecule has 1 aliphatic carbocycles. The van der Waals surface area contributed by atoms with Crippen LogP contribution in [0.2, 0.25) is 0 Å². The van der Waals surface area contributed by atoms with Crippen molar-refractivity contribution in [1.82, 2.24) is 9.80 Å². The van der Waals surface area contributed by atoms with Gasteiger partial charge in [-0.15, -0.1) is 0 Å². The smallest absolute Gasteiger partial charge is 0.137 e. The first-order valence-corrected chi connectivity index (χ1v) is 8.18. The molecule has 0 spiro atoms. The summed E-state index contributed by atoms with van der Waals surface area (Å²) in [7, 11) is 0. The third-order valence-electron chi connectivity index (χ3n) is 5.11. The minimum Gasteiger partial charge on any atom is -0.395 e. The molecule has 2 fully saturated rings. The second kappa shape index (κ2) is 7.53. The van der Waals surface area contributed by atoms with Gasteiger partial charge >= 0.3 is 0 Å². The van der Waals surface area contributed by atoms with Crippen LogP contribution in [0.3, 0.4) is 0 Å². The highest BCUT2D eigenvalue weighted by Crippen LogP contribution is 2.32. The molecular formula is C16H30N2O2. The predicted molar refractivity (Wildman–Crippen MR) is 80.6 cm³/mol. The molecule has 0 bridgehead atoms. The first-order chi connectivity index (χ1) is 9.60. The van der Waals surface area contributed by atoms with Crippen molar-refractivity contribution in [3.8, 4) is 0 Å². The number of hydrogen-bond acceptors (Lipinski definition) is 4. The zero-order valence-electron chi connectivity index (χ0n) is 13.1. The molecule has 2 aliphatic rings. The number of β-amino-alcohol motifs (C(OH)–C–C–N with tert-alkyl or cyclic N) is 1. The van der Waals surface area contributed by atoms with Gasteiger partial charge in [-0.05, 0) is 24.7 Å². The van der Waals surface area contributed by atoms with E-state index < -0.39 is 0 Å². The van der Waals surface area contributed by atoms with Crippen LogP contribution in [0, 0.1) is 17.8 Å². The van der Waals surface area contributed by atoms with Crippen molar-refractivity contribution in [2.45, 2.75) is 33.1 Å². The molecule has 2 unspecified atom stereocenters. The van der Waals surface area contributed by atoms with Crippen LogP contribution in [0.1, 0.15) is 33.1 Å². The fraction of sp³-hybridized carbons (Fsp3) is 0.938. The zero-order valence-corrected chi connectivity index (χ0v) is 13.1. The number of Topliss-reactive ketones (excluding diaryl/α,β-unsaturated/α-hetero) is 1. The molecule has 1 saturated carbocycles. The minimum atomic E-state index is 0.247. The first-order valence-electron chi connectivity index (χ1n) is 8.18. The molecule has 2 atom stereocenters. The van der Waals surface area contributed by atoms with E-state index in [9.17, 15) is 4.79 Å². The molecule has 0 aromatic carbocycles. The lowest BCUT2D eigenvalue weighted by molar-refractivity contribution is -0.126. The molecule has 1 aliphatic heterocycles. The lowest BCUT2D eigenvalue weighted by Gasteiger charge is -2.38. The normalized spacial score (nSPS) is 30.1. The predicted octanol–water partition coefficient (Wildman–Crippen LogP) is 1.24. The standard InChI is InChI=1S/C16H30N2O2/c1-13(2)14-3-4-16(20)15(11-14)12-18-7-5-17(6-8-18)9-10-19/h13-15,19H,3-12H2,1-2H3. The van der Waals surface area contributed by atoms with Gasteiger partial charge in [-0.2, -0.15) is 0 Å². The van der Waals surface area contributed by atoms with E-state index >= 15 is 0 Å². The van der Waals surface area contributed by atoms with Crippen molar-refractivity contribution in [3.05, 3.63) is 0 Å². The number of piperazine rings is 1. The molecule has 0 amide bonds. The SMILES string of the molecule is CC(C)C1CCC(=O)C(CN2CCN(CCO)CC2)C1. The average molecular weight is 282 g/mol. The molecule has 0 aromatic rings. The van der Waals surface area contributed by atoms with Crippen LogP contribution < -0.4 is 0 Å². The highest BCUT2D eigenvalue weighted by Gasteiger charge is 2.31. The molecule has 4 nitrogen and oxygen atoms in total. The van der Waals surface area contributed by atoms with Gasteiger partial charge < -0.3 is 10.0 Å². The van der Waals surface area contributed by atoms with Crippen molar-refractivity contribution < 1.29 is 9.90 Å². The number of aliphatic hydroxyl groups is 1. The van der Waals surface area contributed by atoms with Gasteiger partial charge in [0.1, 0.15) is 5.78 Å². The fourth-order valence-corrected chi connectivity index (χ4v) is 3.58. The highest BCUT2D eigenvalue weighted by atomic mass is 16.3. The Morgan fingerprint density at radius 3 is 2.45 bits per heavy atom. The monoisotopic (exact) mass is 282 g/mol. The van der Waals surface area contributed by atoms with Gasteiger partial charge in [-0.1, -0.05) is 13.8 Å². The number of carbonyl (C=O) groups excluding carboxylic acids is 1. The zero-order chi connectivity index (χ0) is 14.5. The Morgan fingerprint density at radius 1 is 1.20 bits per heavy atom. The topological polar surface area (TPSA) is 43.8 Å². The van der Waals surface area contributed by atoms with E-state index in [1.165, 1.54) is 0 Å². The maximum Gasteiger partial charge on any atom is 0.137 e. The van der Waals surface area contributed by atoms with Crippen molar-refractivity contribution in [3.63, 3.8) is 0 Å². The van der Waals surface area contributed by atoms with Gasteiger partial charge in [0.2, 0.25) is 0 Å². The number of ketones is 1. The molecule has 0 aromatic heterocycles. The second-order valence-corrected chi connectivity index (χ2v) is 6.81. The lowest BCUT2D eigenvalue weighted by Crippen LogP contribution is -2.49. The van der Waals surface area contributed by atoms with Crippen LogP contribution in [0.15, 0.2) is 0 Å². The Balaban J connectivity index is 1.79. The number of rotatable bonds is 5. The van der Waals surface area contributed by atoms with Crippen molar-refractivity contribution in [2.24, 2.45) is 17.8 Å². The van der Waals surface area contributed by atoms with Crippen LogP contribution in [0.25, 0.3) is 0 Å². The van der Waals surface area contributed by atoms with Crippen molar-refractivity contribution in [1.29, 1.82) is 0 Å². The third-order valence-corrected chi connectivity index (χ3v) is 5.11. The molecule has 1 heterocycles. The van der Waals surface area contributed by atoms with E-state index in [4.69, 9.17) is 5.11 Å². The Morgan fingerprint density at radius 2 is 1.85 bits per heavy atom. The number of aliphatic hydroxyl groups excluding tert-OH is 1. The number of nitrogens with zero attached hydrogens (tertiary/aromatic N) is 2. The van der Waals surface area contributed by atoms with Crippen molar-refractivity contribution in [2.75, 3.05) is 45.9 Å². The summed E-state index contributed by atoms with van der Waals surface area (Å²) in [5, 5.41) is 8.96. The molecule has 116 valence electrons. The summed E-state index contributed by atoms with van der Waals surface area (Å²) in [6.45, 7) is 10.7. The van der Waals surface area contributed by atoms with E-state index in [-0.39, 0.29) is 12.5 Å². The minimum absolute atomic E-state index is 0.247. The van der Waals surface area contributed by atoms with Gasteiger partial charge in [-0.25, -0.2) is 0 Å². The van der Waals surface area contributed by atoms with Crippen LogP contribution in [0.5, 0.6) is 0 Å². The molecule has 20 heavy (non-hydrogen) atoms. The van der Waals surface area contributed by atoms with Crippen LogP contribution in [0.4, 0.5) is 0 Å². The third kappa shape index (κ3) is 4.27. The van der Waals surface area contributed by atoms with Gasteiger partial charge in [0.25, 0.3) is 0 Å². The number of hydrogen-bond donors (Lipinski definition) is 1. The summed E-state index contributed by atoms with van der Waals surface area (Å²) in [6.07, 6.45) is 2.97. The van der Waals surface area contributed by atoms with Crippen LogP contribution >= 0.6 is 0 Å². The molecular weight excluding hydrogens is 252 g/mol. The lowest BCUT2D eigenvalue weighted by atomic mass is 9.75. The Bertz CT molecular complexity index is 312. The van der Waals surface area contributed by atoms with Gasteiger partial charge in [0.15, 0.2) is 0 Å². The summed E-state index contributed by atoms with van der Waals surface area (Å²) in [6, 6.07) is 0. The Hall–Kier alpha value is -0.450. The van der Waals surface area contributed by atoms with Crippen LogP contribution in [-0.2, 0) is 4.79 Å². The van der Waals surface area contributed by atoms with Gasteiger partial charge in [-0.3, -0.25) is 9.69 Å². The van der Waals surface area contributed by atoms with E-state index in [2.05, 4.69) is 23.6 Å².